The van der Waals surface area contributed by atoms with Crippen molar-refractivity contribution in [1.82, 2.24) is 4.90 Å². The minimum absolute atomic E-state index is 0.0455. The molecule has 0 N–H and O–H groups in total. The van der Waals surface area contributed by atoms with Crippen molar-refractivity contribution in [1.29, 1.82) is 0 Å². The number of furan rings is 1. The molecule has 2 rings (SSSR count). The highest BCUT2D eigenvalue weighted by Gasteiger charge is 2.31. The molecule has 0 spiro atoms. The average Bonchev–Trinajstić information content (AvgIpc) is 2.72. The molecule has 5 nitrogen and oxygen atoms in total. The van der Waals surface area contributed by atoms with E-state index < -0.39 is 0 Å². The number of carbonyl (C=O) groups is 2. The van der Waals surface area contributed by atoms with Gasteiger partial charge < -0.3 is 14.1 Å². The maximum Gasteiger partial charge on any atom is 0.310 e. The van der Waals surface area contributed by atoms with Crippen molar-refractivity contribution in [2.24, 2.45) is 5.92 Å². The van der Waals surface area contributed by atoms with Crippen molar-refractivity contribution in [3.05, 3.63) is 22.6 Å². The number of rotatable bonds is 3. The van der Waals surface area contributed by atoms with Crippen LogP contribution in [-0.4, -0.2) is 36.5 Å². The molecule has 1 aromatic heterocycles. The molecule has 1 amide bonds. The first kappa shape index (κ1) is 15.6. The van der Waals surface area contributed by atoms with Gasteiger partial charge in [-0.25, -0.2) is 0 Å². The van der Waals surface area contributed by atoms with Gasteiger partial charge in [-0.05, 0) is 40.5 Å². The molecule has 1 atom stereocenters. The van der Waals surface area contributed by atoms with Gasteiger partial charge in [-0.2, -0.15) is 0 Å². The van der Waals surface area contributed by atoms with Gasteiger partial charge in [0.25, 0.3) is 5.91 Å². The number of carbonyl (C=O) groups excluding carboxylic acids is 2. The van der Waals surface area contributed by atoms with E-state index in [9.17, 15) is 9.59 Å². The van der Waals surface area contributed by atoms with E-state index in [2.05, 4.69) is 0 Å². The molecule has 1 aliphatic rings. The largest absolute Gasteiger partial charge is 0.466 e. The number of amides is 1. The molecule has 1 aromatic rings. The SMILES string of the molecule is CCOC(=O)[C@@H]1CCCN(C(=O)c2c(C)oc(C)c2C)C1. The number of hydrogen-bond donors (Lipinski definition) is 0. The Morgan fingerprint density at radius 2 is 2.00 bits per heavy atom. The van der Waals surface area contributed by atoms with Crippen LogP contribution in [0.1, 0.15) is 47.2 Å². The Labute approximate surface area is 125 Å². The van der Waals surface area contributed by atoms with Crippen LogP contribution in [-0.2, 0) is 9.53 Å². The molecule has 21 heavy (non-hydrogen) atoms. The Balaban J connectivity index is 2.14. The summed E-state index contributed by atoms with van der Waals surface area (Å²) < 4.78 is 10.6. The van der Waals surface area contributed by atoms with Crippen LogP contribution in [0.4, 0.5) is 0 Å². The molecule has 0 bridgehead atoms. The number of piperidine rings is 1. The fourth-order valence-corrected chi connectivity index (χ4v) is 2.88. The normalized spacial score (nSPS) is 18.7. The number of ether oxygens (including phenoxy) is 1. The van der Waals surface area contributed by atoms with Gasteiger partial charge in [0, 0.05) is 18.7 Å². The van der Waals surface area contributed by atoms with Crippen molar-refractivity contribution < 1.29 is 18.7 Å². The second-order valence-corrected chi connectivity index (χ2v) is 5.56. The summed E-state index contributed by atoms with van der Waals surface area (Å²) in [5.41, 5.74) is 1.52. The third-order valence-corrected chi connectivity index (χ3v) is 4.10. The van der Waals surface area contributed by atoms with Crippen molar-refractivity contribution in [3.8, 4) is 0 Å². The summed E-state index contributed by atoms with van der Waals surface area (Å²) in [7, 11) is 0. The Morgan fingerprint density at radius 1 is 1.29 bits per heavy atom. The van der Waals surface area contributed by atoms with E-state index in [1.165, 1.54) is 0 Å². The minimum Gasteiger partial charge on any atom is -0.466 e. The summed E-state index contributed by atoms with van der Waals surface area (Å²) in [5, 5.41) is 0. The molecule has 5 heteroatoms. The van der Waals surface area contributed by atoms with E-state index in [1.54, 1.807) is 18.7 Å². The van der Waals surface area contributed by atoms with Gasteiger partial charge in [0.05, 0.1) is 18.1 Å². The van der Waals surface area contributed by atoms with Gasteiger partial charge in [-0.3, -0.25) is 9.59 Å². The second-order valence-electron chi connectivity index (χ2n) is 5.56. The maximum absolute atomic E-state index is 12.7. The zero-order chi connectivity index (χ0) is 15.6. The average molecular weight is 293 g/mol. The number of aryl methyl sites for hydroxylation is 2. The van der Waals surface area contributed by atoms with E-state index in [1.807, 2.05) is 13.8 Å². The molecule has 1 saturated heterocycles. The molecule has 0 aromatic carbocycles. The number of hydrogen-bond acceptors (Lipinski definition) is 4. The number of nitrogens with zero attached hydrogens (tertiary/aromatic N) is 1. The molecule has 2 heterocycles. The maximum atomic E-state index is 12.7. The molecular formula is C16H23NO4. The summed E-state index contributed by atoms with van der Waals surface area (Å²) in [6.45, 7) is 8.84. The fourth-order valence-electron chi connectivity index (χ4n) is 2.88. The molecule has 1 fully saturated rings. The predicted molar refractivity (Wildman–Crippen MR) is 78.2 cm³/mol. The summed E-state index contributed by atoms with van der Waals surface area (Å²) in [5.74, 6) is 0.960. The van der Waals surface area contributed by atoms with Gasteiger partial charge in [0.1, 0.15) is 11.5 Å². The summed E-state index contributed by atoms with van der Waals surface area (Å²) in [6, 6.07) is 0. The lowest BCUT2D eigenvalue weighted by Crippen LogP contribution is -2.43. The molecule has 116 valence electrons. The molecule has 0 radical (unpaired) electrons. The van der Waals surface area contributed by atoms with Crippen LogP contribution in [0.5, 0.6) is 0 Å². The van der Waals surface area contributed by atoms with Crippen LogP contribution >= 0.6 is 0 Å². The Morgan fingerprint density at radius 3 is 2.57 bits per heavy atom. The third-order valence-electron chi connectivity index (χ3n) is 4.10. The van der Waals surface area contributed by atoms with Crippen molar-refractivity contribution >= 4 is 11.9 Å². The van der Waals surface area contributed by atoms with Crippen LogP contribution in [0.25, 0.3) is 0 Å². The monoisotopic (exact) mass is 293 g/mol. The summed E-state index contributed by atoms with van der Waals surface area (Å²) >= 11 is 0. The van der Waals surface area contributed by atoms with Gasteiger partial charge in [-0.15, -0.1) is 0 Å². The Hall–Kier alpha value is -1.78. The summed E-state index contributed by atoms with van der Waals surface area (Å²) in [4.78, 5) is 26.3. The number of likely N-dealkylation sites (tertiary alicyclic amines) is 1. The lowest BCUT2D eigenvalue weighted by Gasteiger charge is -2.31. The highest BCUT2D eigenvalue weighted by molar-refractivity contribution is 5.97. The Bertz CT molecular complexity index is 547. The van der Waals surface area contributed by atoms with Gasteiger partial charge in [-0.1, -0.05) is 0 Å². The van der Waals surface area contributed by atoms with Crippen LogP contribution in [0, 0.1) is 26.7 Å². The van der Waals surface area contributed by atoms with Crippen molar-refractivity contribution in [2.75, 3.05) is 19.7 Å². The van der Waals surface area contributed by atoms with Gasteiger partial charge >= 0.3 is 5.97 Å². The lowest BCUT2D eigenvalue weighted by atomic mass is 9.97. The first-order valence-corrected chi connectivity index (χ1v) is 7.48. The van der Waals surface area contributed by atoms with Crippen LogP contribution in [0.15, 0.2) is 4.42 Å². The number of esters is 1. The van der Waals surface area contributed by atoms with Gasteiger partial charge in [0.2, 0.25) is 0 Å². The van der Waals surface area contributed by atoms with Crippen LogP contribution in [0.3, 0.4) is 0 Å². The molecule has 0 saturated carbocycles. The fraction of sp³-hybridized carbons (Fsp3) is 0.625. The third kappa shape index (κ3) is 3.12. The van der Waals surface area contributed by atoms with Crippen molar-refractivity contribution in [3.63, 3.8) is 0 Å². The second kappa shape index (κ2) is 6.33. The topological polar surface area (TPSA) is 59.8 Å². The van der Waals surface area contributed by atoms with Crippen molar-refractivity contribution in [2.45, 2.75) is 40.5 Å². The van der Waals surface area contributed by atoms with Crippen LogP contribution in [0.2, 0.25) is 0 Å². The van der Waals surface area contributed by atoms with E-state index in [0.717, 1.165) is 24.2 Å². The van der Waals surface area contributed by atoms with Gasteiger partial charge in [0.15, 0.2) is 0 Å². The minimum atomic E-state index is -0.212. The first-order chi connectivity index (χ1) is 9.95. The zero-order valence-electron chi connectivity index (χ0n) is 13.2. The van der Waals surface area contributed by atoms with E-state index in [-0.39, 0.29) is 17.8 Å². The molecule has 1 aliphatic heterocycles. The van der Waals surface area contributed by atoms with E-state index >= 15 is 0 Å². The standard InChI is InChI=1S/C16H23NO4/c1-5-20-16(19)13-7-6-8-17(9-13)15(18)14-10(2)11(3)21-12(14)4/h13H,5-9H2,1-4H3/t13-/m1/s1. The van der Waals surface area contributed by atoms with Crippen LogP contribution < -0.4 is 0 Å². The predicted octanol–water partition coefficient (Wildman–Crippen LogP) is 2.62. The highest BCUT2D eigenvalue weighted by Crippen LogP contribution is 2.25. The van der Waals surface area contributed by atoms with E-state index in [0.29, 0.717) is 31.0 Å². The zero-order valence-corrected chi connectivity index (χ0v) is 13.2. The Kier molecular flexibility index (Phi) is 4.70. The first-order valence-electron chi connectivity index (χ1n) is 7.48. The lowest BCUT2D eigenvalue weighted by molar-refractivity contribution is -0.149. The summed E-state index contributed by atoms with van der Waals surface area (Å²) in [6.07, 6.45) is 1.61. The molecular weight excluding hydrogens is 270 g/mol. The molecule has 0 aliphatic carbocycles. The highest BCUT2D eigenvalue weighted by atomic mass is 16.5. The smallest absolute Gasteiger partial charge is 0.310 e. The van der Waals surface area contributed by atoms with E-state index in [4.69, 9.17) is 9.15 Å². The quantitative estimate of drug-likeness (QED) is 0.804. The molecule has 0 unspecified atom stereocenters.